The minimum absolute atomic E-state index is 0.0201. The fourth-order valence-corrected chi connectivity index (χ4v) is 1.18. The summed E-state index contributed by atoms with van der Waals surface area (Å²) in [5, 5.41) is 3.42. The van der Waals surface area contributed by atoms with Crippen LogP contribution in [0.25, 0.3) is 11.3 Å². The Morgan fingerprint density at radius 2 is 2.13 bits per heavy atom. The Morgan fingerprint density at radius 3 is 2.73 bits per heavy atom. The average molecular weight is 206 g/mol. The number of carbonyl (C=O) groups excluding carboxylic acids is 1. The SMILES string of the molecule is NC(=O)c1cc(-c2ccccc2F)on1. The van der Waals surface area contributed by atoms with Crippen molar-refractivity contribution in [2.45, 2.75) is 0 Å². The molecule has 1 amide bonds. The summed E-state index contributed by atoms with van der Waals surface area (Å²) in [5.74, 6) is -0.965. The van der Waals surface area contributed by atoms with Crippen molar-refractivity contribution in [3.63, 3.8) is 0 Å². The van der Waals surface area contributed by atoms with Crippen molar-refractivity contribution < 1.29 is 13.7 Å². The van der Waals surface area contributed by atoms with Crippen LogP contribution in [0.2, 0.25) is 0 Å². The van der Waals surface area contributed by atoms with Gasteiger partial charge in [0.15, 0.2) is 11.5 Å². The van der Waals surface area contributed by atoms with Crippen molar-refractivity contribution in [3.05, 3.63) is 41.8 Å². The number of rotatable bonds is 2. The number of halogens is 1. The van der Waals surface area contributed by atoms with Gasteiger partial charge in [-0.1, -0.05) is 17.3 Å². The van der Waals surface area contributed by atoms with Crippen LogP contribution >= 0.6 is 0 Å². The van der Waals surface area contributed by atoms with Gasteiger partial charge in [0.05, 0.1) is 5.56 Å². The van der Waals surface area contributed by atoms with Crippen LogP contribution in [0.4, 0.5) is 4.39 Å². The van der Waals surface area contributed by atoms with E-state index in [4.69, 9.17) is 10.3 Å². The number of primary amides is 1. The highest BCUT2D eigenvalue weighted by Crippen LogP contribution is 2.22. The summed E-state index contributed by atoms with van der Waals surface area (Å²) in [6.45, 7) is 0. The predicted octanol–water partition coefficient (Wildman–Crippen LogP) is 1.58. The zero-order chi connectivity index (χ0) is 10.8. The molecule has 76 valence electrons. The molecule has 0 spiro atoms. The zero-order valence-corrected chi connectivity index (χ0v) is 7.61. The maximum atomic E-state index is 13.3. The fourth-order valence-electron chi connectivity index (χ4n) is 1.18. The predicted molar refractivity (Wildman–Crippen MR) is 50.4 cm³/mol. The third kappa shape index (κ3) is 1.71. The molecule has 2 aromatic rings. The van der Waals surface area contributed by atoms with Crippen LogP contribution in [0.3, 0.4) is 0 Å². The number of benzene rings is 1. The van der Waals surface area contributed by atoms with E-state index in [0.29, 0.717) is 0 Å². The van der Waals surface area contributed by atoms with E-state index in [-0.39, 0.29) is 17.0 Å². The van der Waals surface area contributed by atoms with Crippen LogP contribution in [0.15, 0.2) is 34.9 Å². The molecule has 2 N–H and O–H groups in total. The summed E-state index contributed by atoms with van der Waals surface area (Å²) < 4.78 is 18.1. The van der Waals surface area contributed by atoms with Gasteiger partial charge in [0, 0.05) is 6.07 Å². The molecule has 0 aliphatic rings. The molecular weight excluding hydrogens is 199 g/mol. The maximum absolute atomic E-state index is 13.3. The third-order valence-corrected chi connectivity index (χ3v) is 1.90. The van der Waals surface area contributed by atoms with Gasteiger partial charge >= 0.3 is 0 Å². The lowest BCUT2D eigenvalue weighted by atomic mass is 10.1. The molecule has 0 aliphatic carbocycles. The lowest BCUT2D eigenvalue weighted by Crippen LogP contribution is -2.10. The molecule has 0 fully saturated rings. The molecule has 0 atom stereocenters. The van der Waals surface area contributed by atoms with E-state index in [0.717, 1.165) is 0 Å². The van der Waals surface area contributed by atoms with Gasteiger partial charge in [-0.25, -0.2) is 4.39 Å². The highest BCUT2D eigenvalue weighted by molar-refractivity contribution is 5.91. The van der Waals surface area contributed by atoms with Crippen molar-refractivity contribution >= 4 is 5.91 Å². The average Bonchev–Trinajstić information content (AvgIpc) is 2.67. The molecule has 0 saturated carbocycles. The number of carbonyl (C=O) groups is 1. The highest BCUT2D eigenvalue weighted by atomic mass is 19.1. The van der Waals surface area contributed by atoms with Gasteiger partial charge in [-0.05, 0) is 12.1 Å². The molecule has 1 aromatic carbocycles. The molecule has 1 aromatic heterocycles. The normalized spacial score (nSPS) is 10.2. The first kappa shape index (κ1) is 9.39. The van der Waals surface area contributed by atoms with E-state index < -0.39 is 11.7 Å². The first-order chi connectivity index (χ1) is 7.18. The van der Waals surface area contributed by atoms with Crippen LogP contribution in [0, 0.1) is 5.82 Å². The summed E-state index contributed by atoms with van der Waals surface area (Å²) in [4.78, 5) is 10.7. The number of nitrogens with zero attached hydrogens (tertiary/aromatic N) is 1. The van der Waals surface area contributed by atoms with Gasteiger partial charge in [0.2, 0.25) is 0 Å². The largest absolute Gasteiger partial charge is 0.364 e. The summed E-state index contributed by atoms with van der Waals surface area (Å²) in [5.41, 5.74) is 5.22. The Balaban J connectivity index is 2.46. The van der Waals surface area contributed by atoms with Crippen LogP contribution in [0.5, 0.6) is 0 Å². The van der Waals surface area contributed by atoms with Gasteiger partial charge in [-0.2, -0.15) is 0 Å². The first-order valence-electron chi connectivity index (χ1n) is 4.20. The van der Waals surface area contributed by atoms with Crippen LogP contribution in [-0.2, 0) is 0 Å². The molecule has 5 heteroatoms. The van der Waals surface area contributed by atoms with Crippen molar-refractivity contribution in [1.29, 1.82) is 0 Å². The monoisotopic (exact) mass is 206 g/mol. The van der Waals surface area contributed by atoms with E-state index in [9.17, 15) is 9.18 Å². The van der Waals surface area contributed by atoms with Gasteiger partial charge in [0.25, 0.3) is 5.91 Å². The molecule has 15 heavy (non-hydrogen) atoms. The van der Waals surface area contributed by atoms with E-state index in [1.807, 2.05) is 0 Å². The maximum Gasteiger partial charge on any atom is 0.270 e. The van der Waals surface area contributed by atoms with E-state index in [1.54, 1.807) is 12.1 Å². The van der Waals surface area contributed by atoms with Crippen LogP contribution in [0.1, 0.15) is 10.5 Å². The lowest BCUT2D eigenvalue weighted by Gasteiger charge is -1.95. The van der Waals surface area contributed by atoms with Crippen LogP contribution in [-0.4, -0.2) is 11.1 Å². The van der Waals surface area contributed by atoms with Crippen LogP contribution < -0.4 is 5.73 Å². The molecule has 0 aliphatic heterocycles. The summed E-state index contributed by atoms with van der Waals surface area (Å²) in [7, 11) is 0. The van der Waals surface area contributed by atoms with Gasteiger partial charge in [-0.3, -0.25) is 4.79 Å². The highest BCUT2D eigenvalue weighted by Gasteiger charge is 2.13. The topological polar surface area (TPSA) is 69.1 Å². The number of hydrogen-bond donors (Lipinski definition) is 1. The molecule has 0 unspecified atom stereocenters. The minimum atomic E-state index is -0.707. The molecule has 0 radical (unpaired) electrons. The van der Waals surface area contributed by atoms with E-state index >= 15 is 0 Å². The van der Waals surface area contributed by atoms with Crippen molar-refractivity contribution in [3.8, 4) is 11.3 Å². The fraction of sp³-hybridized carbons (Fsp3) is 0. The summed E-state index contributed by atoms with van der Waals surface area (Å²) in [6.07, 6.45) is 0. The Morgan fingerprint density at radius 1 is 1.40 bits per heavy atom. The van der Waals surface area contributed by atoms with Gasteiger partial charge < -0.3 is 10.3 Å². The standard InChI is InChI=1S/C10H7FN2O2/c11-7-4-2-1-3-6(7)9-5-8(10(12)14)13-15-9/h1-5H,(H2,12,14). The smallest absolute Gasteiger partial charge is 0.270 e. The molecule has 4 nitrogen and oxygen atoms in total. The Labute approximate surface area is 84.5 Å². The molecule has 1 heterocycles. The number of aromatic nitrogens is 1. The van der Waals surface area contributed by atoms with Gasteiger partial charge in [0.1, 0.15) is 5.82 Å². The first-order valence-corrected chi connectivity index (χ1v) is 4.20. The Hall–Kier alpha value is -2.17. The second kappa shape index (κ2) is 3.53. The molecule has 0 bridgehead atoms. The quantitative estimate of drug-likeness (QED) is 0.810. The summed E-state index contributed by atoms with van der Waals surface area (Å²) >= 11 is 0. The second-order valence-electron chi connectivity index (χ2n) is 2.92. The molecule has 2 rings (SSSR count). The number of amides is 1. The number of nitrogens with two attached hydrogens (primary N) is 1. The Bertz CT molecular complexity index is 508. The summed E-state index contributed by atoms with van der Waals surface area (Å²) in [6, 6.07) is 7.35. The third-order valence-electron chi connectivity index (χ3n) is 1.90. The molecular formula is C10H7FN2O2. The zero-order valence-electron chi connectivity index (χ0n) is 7.61. The second-order valence-corrected chi connectivity index (χ2v) is 2.92. The lowest BCUT2D eigenvalue weighted by molar-refractivity contribution is 0.0992. The van der Waals surface area contributed by atoms with Gasteiger partial charge in [-0.15, -0.1) is 0 Å². The van der Waals surface area contributed by atoms with E-state index in [2.05, 4.69) is 5.16 Å². The van der Waals surface area contributed by atoms with Crippen molar-refractivity contribution in [1.82, 2.24) is 5.16 Å². The van der Waals surface area contributed by atoms with E-state index in [1.165, 1.54) is 18.2 Å². The van der Waals surface area contributed by atoms with Crippen molar-refractivity contribution in [2.75, 3.05) is 0 Å². The number of hydrogen-bond acceptors (Lipinski definition) is 3. The Kier molecular flexibility index (Phi) is 2.21. The minimum Gasteiger partial charge on any atom is -0.364 e. The molecule has 0 saturated heterocycles. The van der Waals surface area contributed by atoms with Crippen molar-refractivity contribution in [2.24, 2.45) is 5.73 Å².